The van der Waals surface area contributed by atoms with E-state index in [0.717, 1.165) is 48.3 Å². The number of hydrogen-bond donors (Lipinski definition) is 1. The number of nitrogens with one attached hydrogen (secondary N) is 1. The third-order valence-corrected chi connectivity index (χ3v) is 6.46. The summed E-state index contributed by atoms with van der Waals surface area (Å²) >= 11 is 1.71. The maximum absolute atomic E-state index is 12.5. The normalized spacial score (nSPS) is 25.1. The van der Waals surface area contributed by atoms with Crippen LogP contribution in [0.25, 0.3) is 10.2 Å². The molecule has 0 unspecified atom stereocenters. The maximum Gasteiger partial charge on any atom is 0.259 e. The van der Waals surface area contributed by atoms with Crippen LogP contribution >= 0.6 is 11.3 Å². The molecule has 6 heteroatoms. The predicted molar refractivity (Wildman–Crippen MR) is 92.2 cm³/mol. The van der Waals surface area contributed by atoms with E-state index in [2.05, 4.69) is 16.8 Å². The highest BCUT2D eigenvalue weighted by Crippen LogP contribution is 2.34. The first-order valence-electron chi connectivity index (χ1n) is 8.46. The Hall–Kier alpha value is -1.24. The van der Waals surface area contributed by atoms with Crippen LogP contribution in [0.5, 0.6) is 0 Å². The number of likely N-dealkylation sites (tertiary alicyclic amines) is 1. The number of fused-ring (bicyclic) bond motifs is 3. The van der Waals surface area contributed by atoms with E-state index in [0.29, 0.717) is 18.7 Å². The molecule has 2 aromatic rings. The van der Waals surface area contributed by atoms with Gasteiger partial charge in [-0.25, -0.2) is 4.98 Å². The molecular weight excluding hydrogens is 310 g/mol. The van der Waals surface area contributed by atoms with Gasteiger partial charge in [-0.1, -0.05) is 0 Å². The summed E-state index contributed by atoms with van der Waals surface area (Å²) in [7, 11) is 1.79. The van der Waals surface area contributed by atoms with Gasteiger partial charge in [-0.05, 0) is 44.6 Å². The molecule has 1 N–H and O–H groups in total. The Labute approximate surface area is 139 Å². The summed E-state index contributed by atoms with van der Waals surface area (Å²) in [5, 5.41) is 0.845. The summed E-state index contributed by atoms with van der Waals surface area (Å²) in [6.07, 6.45) is 5.74. The second-order valence-electron chi connectivity index (χ2n) is 6.75. The zero-order valence-corrected chi connectivity index (χ0v) is 14.5. The molecule has 0 amide bonds. The second kappa shape index (κ2) is 6.00. The Morgan fingerprint density at radius 2 is 2.30 bits per heavy atom. The van der Waals surface area contributed by atoms with Crippen LogP contribution in [-0.4, -0.2) is 40.7 Å². The zero-order chi connectivity index (χ0) is 16.0. The highest BCUT2D eigenvalue weighted by atomic mass is 32.1. The molecule has 23 heavy (non-hydrogen) atoms. The quantitative estimate of drug-likeness (QED) is 0.937. The first kappa shape index (κ1) is 15.3. The molecule has 1 fully saturated rings. The lowest BCUT2D eigenvalue weighted by molar-refractivity contribution is 0.0121. The molecule has 0 saturated carbocycles. The molecule has 0 radical (unpaired) electrons. The van der Waals surface area contributed by atoms with Crippen molar-refractivity contribution in [2.75, 3.05) is 13.7 Å². The Bertz CT molecular complexity index is 782. The van der Waals surface area contributed by atoms with Gasteiger partial charge in [0.2, 0.25) is 0 Å². The van der Waals surface area contributed by atoms with Gasteiger partial charge in [-0.3, -0.25) is 9.69 Å². The summed E-state index contributed by atoms with van der Waals surface area (Å²) in [5.41, 5.74) is 1.29. The molecule has 0 bridgehead atoms. The SMILES string of the molecule is CO[C@@H]1CCN(Cc2nc3sc4c(c3c(=O)[nH]2)CCC4)[C@H](C)C1. The molecule has 2 aliphatic rings. The Balaban J connectivity index is 1.59. The lowest BCUT2D eigenvalue weighted by Crippen LogP contribution is -2.43. The lowest BCUT2D eigenvalue weighted by Gasteiger charge is -2.36. The van der Waals surface area contributed by atoms with Crippen molar-refractivity contribution in [3.05, 3.63) is 26.6 Å². The molecule has 0 aromatic carbocycles. The monoisotopic (exact) mass is 333 g/mol. The average Bonchev–Trinajstić information content (AvgIpc) is 3.09. The average molecular weight is 333 g/mol. The fraction of sp³-hybridized carbons (Fsp3) is 0.647. The van der Waals surface area contributed by atoms with Gasteiger partial charge >= 0.3 is 0 Å². The van der Waals surface area contributed by atoms with Gasteiger partial charge < -0.3 is 9.72 Å². The fourth-order valence-corrected chi connectivity index (χ4v) is 5.22. The van der Waals surface area contributed by atoms with Crippen LogP contribution in [0, 0.1) is 0 Å². The zero-order valence-electron chi connectivity index (χ0n) is 13.7. The van der Waals surface area contributed by atoms with E-state index in [1.807, 2.05) is 0 Å². The third kappa shape index (κ3) is 2.73. The molecule has 2 aromatic heterocycles. The maximum atomic E-state index is 12.5. The van der Waals surface area contributed by atoms with Gasteiger partial charge in [0.15, 0.2) is 0 Å². The Morgan fingerprint density at radius 1 is 1.43 bits per heavy atom. The van der Waals surface area contributed by atoms with Gasteiger partial charge in [0.05, 0.1) is 18.0 Å². The molecule has 3 heterocycles. The number of thiophene rings is 1. The molecule has 1 saturated heterocycles. The summed E-state index contributed by atoms with van der Waals surface area (Å²) in [6, 6.07) is 0.447. The molecule has 124 valence electrons. The Kier molecular flexibility index (Phi) is 3.99. The number of H-pyrrole nitrogens is 1. The van der Waals surface area contributed by atoms with Crippen LogP contribution < -0.4 is 5.56 Å². The van der Waals surface area contributed by atoms with E-state index in [4.69, 9.17) is 9.72 Å². The number of ether oxygens (including phenoxy) is 1. The van der Waals surface area contributed by atoms with E-state index < -0.39 is 0 Å². The minimum absolute atomic E-state index is 0.0452. The van der Waals surface area contributed by atoms with Crippen molar-refractivity contribution in [3.63, 3.8) is 0 Å². The highest BCUT2D eigenvalue weighted by molar-refractivity contribution is 7.18. The van der Waals surface area contributed by atoms with Gasteiger partial charge in [0.25, 0.3) is 5.56 Å². The largest absolute Gasteiger partial charge is 0.381 e. The molecule has 4 rings (SSSR count). The van der Waals surface area contributed by atoms with Crippen molar-refractivity contribution >= 4 is 21.6 Å². The van der Waals surface area contributed by atoms with Crippen LogP contribution in [0.1, 0.15) is 42.5 Å². The number of nitrogens with zero attached hydrogens (tertiary/aromatic N) is 2. The number of methoxy groups -OCH3 is 1. The number of hydrogen-bond acceptors (Lipinski definition) is 5. The minimum Gasteiger partial charge on any atom is -0.381 e. The molecule has 2 atom stereocenters. The van der Waals surface area contributed by atoms with Crippen molar-refractivity contribution in [2.24, 2.45) is 0 Å². The van der Waals surface area contributed by atoms with Crippen LogP contribution in [0.15, 0.2) is 4.79 Å². The standard InChI is InChI=1S/C17H23N3O2S/c1-10-8-11(22-2)6-7-20(10)9-14-18-16(21)15-12-4-3-5-13(12)23-17(15)19-14/h10-11H,3-9H2,1-2H3,(H,18,19,21)/t10-,11-/m1/s1. The predicted octanol–water partition coefficient (Wildman–Crippen LogP) is 2.47. The summed E-state index contributed by atoms with van der Waals surface area (Å²) in [5.74, 6) is 0.796. The van der Waals surface area contributed by atoms with E-state index in [-0.39, 0.29) is 5.56 Å². The number of aryl methyl sites for hydroxylation is 2. The molecule has 1 aliphatic heterocycles. The smallest absolute Gasteiger partial charge is 0.259 e. The van der Waals surface area contributed by atoms with Crippen molar-refractivity contribution in [1.29, 1.82) is 0 Å². The fourth-order valence-electron chi connectivity index (χ4n) is 3.94. The first-order valence-corrected chi connectivity index (χ1v) is 9.27. The van der Waals surface area contributed by atoms with Crippen LogP contribution in [0.2, 0.25) is 0 Å². The topological polar surface area (TPSA) is 58.2 Å². The van der Waals surface area contributed by atoms with Gasteiger partial charge in [-0.2, -0.15) is 0 Å². The van der Waals surface area contributed by atoms with Gasteiger partial charge in [-0.15, -0.1) is 11.3 Å². The van der Waals surface area contributed by atoms with E-state index in [9.17, 15) is 4.79 Å². The minimum atomic E-state index is 0.0452. The molecule has 0 spiro atoms. The summed E-state index contributed by atoms with van der Waals surface area (Å²) in [4.78, 5) is 25.0. The third-order valence-electron chi connectivity index (χ3n) is 5.28. The molecule has 5 nitrogen and oxygen atoms in total. The number of aromatic nitrogens is 2. The van der Waals surface area contributed by atoms with Gasteiger partial charge in [0, 0.05) is 24.6 Å². The second-order valence-corrected chi connectivity index (χ2v) is 7.84. The van der Waals surface area contributed by atoms with E-state index in [1.165, 1.54) is 16.9 Å². The number of rotatable bonds is 3. The number of piperidine rings is 1. The van der Waals surface area contributed by atoms with Crippen LogP contribution in [-0.2, 0) is 24.1 Å². The summed E-state index contributed by atoms with van der Waals surface area (Å²) in [6.45, 7) is 3.93. The van der Waals surface area contributed by atoms with Crippen molar-refractivity contribution in [3.8, 4) is 0 Å². The van der Waals surface area contributed by atoms with E-state index >= 15 is 0 Å². The number of aromatic amines is 1. The summed E-state index contributed by atoms with van der Waals surface area (Å²) < 4.78 is 5.47. The van der Waals surface area contributed by atoms with Crippen molar-refractivity contribution in [1.82, 2.24) is 14.9 Å². The molecular formula is C17H23N3O2S. The van der Waals surface area contributed by atoms with E-state index in [1.54, 1.807) is 18.4 Å². The van der Waals surface area contributed by atoms with Crippen LogP contribution in [0.3, 0.4) is 0 Å². The highest BCUT2D eigenvalue weighted by Gasteiger charge is 2.26. The Morgan fingerprint density at radius 3 is 3.09 bits per heavy atom. The lowest BCUT2D eigenvalue weighted by atomic mass is 10.0. The van der Waals surface area contributed by atoms with Crippen molar-refractivity contribution < 1.29 is 4.74 Å². The van der Waals surface area contributed by atoms with Crippen molar-refractivity contribution in [2.45, 2.75) is 57.7 Å². The van der Waals surface area contributed by atoms with Gasteiger partial charge in [0.1, 0.15) is 10.7 Å². The first-order chi connectivity index (χ1) is 11.2. The molecule has 1 aliphatic carbocycles. The van der Waals surface area contributed by atoms with Crippen LogP contribution in [0.4, 0.5) is 0 Å².